The number of fused-ring (bicyclic) bond motifs is 1. The van der Waals surface area contributed by atoms with Gasteiger partial charge in [-0.15, -0.1) is 0 Å². The van der Waals surface area contributed by atoms with E-state index in [0.29, 0.717) is 11.3 Å². The van der Waals surface area contributed by atoms with E-state index in [0.717, 1.165) is 0 Å². The van der Waals surface area contributed by atoms with Gasteiger partial charge in [-0.2, -0.15) is 0 Å². The highest BCUT2D eigenvalue weighted by Gasteiger charge is 2.09. The Morgan fingerprint density at radius 1 is 1.42 bits per heavy atom. The maximum atomic E-state index is 11.8. The summed E-state index contributed by atoms with van der Waals surface area (Å²) in [6, 6.07) is 5.48. The van der Waals surface area contributed by atoms with Crippen LogP contribution in [0.2, 0.25) is 0 Å². The lowest BCUT2D eigenvalue weighted by Crippen LogP contribution is -2.28. The van der Waals surface area contributed by atoms with Crippen LogP contribution in [0, 0.1) is 0 Å². The molecule has 1 amide bonds. The van der Waals surface area contributed by atoms with Crippen LogP contribution in [0.5, 0.6) is 0 Å². The summed E-state index contributed by atoms with van der Waals surface area (Å²) in [6.07, 6.45) is 3.43. The number of nitrogens with zero attached hydrogens (tertiary/aromatic N) is 2. The molecule has 0 spiro atoms. The molecule has 0 aliphatic heterocycles. The van der Waals surface area contributed by atoms with Gasteiger partial charge in [0.1, 0.15) is 17.9 Å². The van der Waals surface area contributed by atoms with Gasteiger partial charge in [0.05, 0.1) is 6.61 Å². The Bertz CT molecular complexity index is 560. The van der Waals surface area contributed by atoms with Crippen LogP contribution in [0.15, 0.2) is 30.6 Å². The summed E-state index contributed by atoms with van der Waals surface area (Å²) in [6.45, 7) is 0.00956. The summed E-state index contributed by atoms with van der Waals surface area (Å²) in [5.41, 5.74) is 0.999. The zero-order valence-corrected chi connectivity index (χ0v) is 10.1. The van der Waals surface area contributed by atoms with Crippen molar-refractivity contribution in [1.29, 1.82) is 0 Å². The van der Waals surface area contributed by atoms with Crippen LogP contribution < -0.4 is 5.32 Å². The predicted octanol–water partition coefficient (Wildman–Crippen LogP) is 0.165. The summed E-state index contributed by atoms with van der Waals surface area (Å²) in [7, 11) is 0. The number of rotatable bonds is 6. The minimum absolute atomic E-state index is 0.144. The van der Waals surface area contributed by atoms with Crippen LogP contribution in [0.3, 0.4) is 0 Å². The largest absolute Gasteiger partial charge is 0.480 e. The van der Waals surface area contributed by atoms with E-state index in [4.69, 9.17) is 9.84 Å². The summed E-state index contributed by atoms with van der Waals surface area (Å²) in [4.78, 5) is 26.1. The second-order valence-electron chi connectivity index (χ2n) is 3.79. The molecule has 0 atom stereocenters. The standard InChI is InChI=1S/C12H13N3O4/c16-11(17)8-19-6-4-13-12(18)9-7-15-5-2-1-3-10(15)14-9/h1-3,5,7H,4,6,8H2,(H,13,18)(H,16,17). The molecule has 0 saturated carbocycles. The monoisotopic (exact) mass is 263 g/mol. The molecular weight excluding hydrogens is 250 g/mol. The van der Waals surface area contributed by atoms with Crippen molar-refractivity contribution in [1.82, 2.24) is 14.7 Å². The number of hydrogen-bond donors (Lipinski definition) is 2. The highest BCUT2D eigenvalue weighted by Crippen LogP contribution is 2.03. The van der Waals surface area contributed by atoms with Crippen molar-refractivity contribution in [3.63, 3.8) is 0 Å². The lowest BCUT2D eigenvalue weighted by molar-refractivity contribution is -0.142. The first kappa shape index (κ1) is 13.0. The Morgan fingerprint density at radius 3 is 3.00 bits per heavy atom. The predicted molar refractivity (Wildman–Crippen MR) is 66.0 cm³/mol. The molecule has 2 N–H and O–H groups in total. The number of ether oxygens (including phenoxy) is 1. The molecule has 0 aliphatic rings. The summed E-state index contributed by atoms with van der Waals surface area (Å²) < 4.78 is 6.55. The van der Waals surface area contributed by atoms with E-state index in [1.165, 1.54) is 0 Å². The minimum atomic E-state index is -1.04. The van der Waals surface area contributed by atoms with E-state index < -0.39 is 5.97 Å². The lowest BCUT2D eigenvalue weighted by atomic mass is 10.4. The number of nitrogens with one attached hydrogen (secondary N) is 1. The van der Waals surface area contributed by atoms with Crippen molar-refractivity contribution in [3.8, 4) is 0 Å². The van der Waals surface area contributed by atoms with Crippen molar-refractivity contribution in [2.24, 2.45) is 0 Å². The molecule has 7 nitrogen and oxygen atoms in total. The molecule has 0 bridgehead atoms. The highest BCUT2D eigenvalue weighted by atomic mass is 16.5. The number of amides is 1. The molecule has 2 aromatic rings. The number of carbonyl (C=O) groups excluding carboxylic acids is 1. The molecule has 0 fully saturated rings. The van der Waals surface area contributed by atoms with Crippen LogP contribution in [-0.2, 0) is 9.53 Å². The SMILES string of the molecule is O=C(O)COCCNC(=O)c1cn2ccccc2n1. The van der Waals surface area contributed by atoms with Crippen LogP contribution in [-0.4, -0.2) is 46.1 Å². The second-order valence-corrected chi connectivity index (χ2v) is 3.79. The summed E-state index contributed by atoms with van der Waals surface area (Å²) in [5.74, 6) is -1.35. The minimum Gasteiger partial charge on any atom is -0.480 e. The van der Waals surface area contributed by atoms with Gasteiger partial charge in [0.25, 0.3) is 5.91 Å². The third kappa shape index (κ3) is 3.52. The number of aliphatic carboxylic acids is 1. The van der Waals surface area contributed by atoms with E-state index in [2.05, 4.69) is 10.3 Å². The Labute approximate surface area is 108 Å². The maximum absolute atomic E-state index is 11.8. The quantitative estimate of drug-likeness (QED) is 0.724. The van der Waals surface area contributed by atoms with Crippen molar-refractivity contribution >= 4 is 17.5 Å². The number of carboxylic acid groups (broad SMARTS) is 1. The number of carboxylic acids is 1. The highest BCUT2D eigenvalue weighted by molar-refractivity contribution is 5.92. The summed E-state index contributed by atoms with van der Waals surface area (Å²) >= 11 is 0. The topological polar surface area (TPSA) is 92.9 Å². The smallest absolute Gasteiger partial charge is 0.329 e. The number of pyridine rings is 1. The fourth-order valence-corrected chi connectivity index (χ4v) is 1.53. The lowest BCUT2D eigenvalue weighted by Gasteiger charge is -2.02. The Balaban J connectivity index is 1.84. The molecule has 0 radical (unpaired) electrons. The fraction of sp³-hybridized carbons (Fsp3) is 0.250. The molecule has 0 aliphatic carbocycles. The first-order valence-electron chi connectivity index (χ1n) is 5.68. The fourth-order valence-electron chi connectivity index (χ4n) is 1.53. The van der Waals surface area contributed by atoms with Gasteiger partial charge < -0.3 is 19.6 Å². The molecule has 100 valence electrons. The molecule has 0 aromatic carbocycles. The van der Waals surface area contributed by atoms with Crippen LogP contribution in [0.4, 0.5) is 0 Å². The van der Waals surface area contributed by atoms with Crippen LogP contribution >= 0.6 is 0 Å². The molecule has 2 rings (SSSR count). The van der Waals surface area contributed by atoms with Gasteiger partial charge >= 0.3 is 5.97 Å². The van der Waals surface area contributed by atoms with Gasteiger partial charge in [0, 0.05) is 18.9 Å². The van der Waals surface area contributed by atoms with Crippen molar-refractivity contribution in [2.75, 3.05) is 19.8 Å². The van der Waals surface area contributed by atoms with Gasteiger partial charge in [-0.05, 0) is 12.1 Å². The van der Waals surface area contributed by atoms with Gasteiger partial charge in [-0.3, -0.25) is 4.79 Å². The Kier molecular flexibility index (Phi) is 4.09. The number of aromatic nitrogens is 2. The van der Waals surface area contributed by atoms with Crippen molar-refractivity contribution < 1.29 is 19.4 Å². The third-order valence-corrected chi connectivity index (χ3v) is 2.35. The normalized spacial score (nSPS) is 10.5. The van der Waals surface area contributed by atoms with Crippen molar-refractivity contribution in [2.45, 2.75) is 0 Å². The molecule has 0 saturated heterocycles. The van der Waals surface area contributed by atoms with Gasteiger partial charge in [-0.1, -0.05) is 6.07 Å². The van der Waals surface area contributed by atoms with E-state index in [9.17, 15) is 9.59 Å². The molecule has 2 heterocycles. The first-order chi connectivity index (χ1) is 9.16. The number of carbonyl (C=O) groups is 2. The van der Waals surface area contributed by atoms with Gasteiger partial charge in [0.2, 0.25) is 0 Å². The average molecular weight is 263 g/mol. The molecule has 2 aromatic heterocycles. The van der Waals surface area contributed by atoms with E-state index in [1.807, 2.05) is 12.1 Å². The average Bonchev–Trinajstić information content (AvgIpc) is 2.81. The zero-order chi connectivity index (χ0) is 13.7. The molecule has 7 heteroatoms. The van der Waals surface area contributed by atoms with Crippen LogP contribution in [0.1, 0.15) is 10.5 Å². The van der Waals surface area contributed by atoms with Gasteiger partial charge in [0.15, 0.2) is 0 Å². The summed E-state index contributed by atoms with van der Waals surface area (Å²) in [5, 5.41) is 11.0. The van der Waals surface area contributed by atoms with Crippen molar-refractivity contribution in [3.05, 3.63) is 36.3 Å². The Hall–Kier alpha value is -2.41. The Morgan fingerprint density at radius 2 is 2.26 bits per heavy atom. The number of hydrogen-bond acceptors (Lipinski definition) is 4. The molecular formula is C12H13N3O4. The van der Waals surface area contributed by atoms with Crippen LogP contribution in [0.25, 0.3) is 5.65 Å². The zero-order valence-electron chi connectivity index (χ0n) is 10.1. The van der Waals surface area contributed by atoms with E-state index in [1.54, 1.807) is 22.9 Å². The molecule has 19 heavy (non-hydrogen) atoms. The van der Waals surface area contributed by atoms with E-state index in [-0.39, 0.29) is 25.7 Å². The maximum Gasteiger partial charge on any atom is 0.329 e. The second kappa shape index (κ2) is 5.96. The first-order valence-corrected chi connectivity index (χ1v) is 5.68. The molecule has 0 unspecified atom stereocenters. The third-order valence-electron chi connectivity index (χ3n) is 2.35. The van der Waals surface area contributed by atoms with E-state index >= 15 is 0 Å². The number of imidazole rings is 1. The van der Waals surface area contributed by atoms with Gasteiger partial charge in [-0.25, -0.2) is 9.78 Å².